The van der Waals surface area contributed by atoms with E-state index in [2.05, 4.69) is 15.0 Å². The average Bonchev–Trinajstić information content (AvgIpc) is 2.43. The Bertz CT molecular complexity index is 543. The molecule has 0 saturated heterocycles. The first-order valence-corrected chi connectivity index (χ1v) is 5.23. The van der Waals surface area contributed by atoms with Crippen molar-refractivity contribution in [2.24, 2.45) is 0 Å². The zero-order chi connectivity index (χ0) is 11.0. The SMILES string of the molecule is C/C=C/c1[nH]c2nc(C)nc(Cl)c2c1Cl. The minimum Gasteiger partial charge on any atom is -0.338 e. The van der Waals surface area contributed by atoms with Gasteiger partial charge in [-0.15, -0.1) is 0 Å². The minimum absolute atomic E-state index is 0.384. The van der Waals surface area contributed by atoms with Gasteiger partial charge in [-0.2, -0.15) is 0 Å². The van der Waals surface area contributed by atoms with E-state index in [1.165, 1.54) is 0 Å². The number of aromatic nitrogens is 3. The fourth-order valence-corrected chi connectivity index (χ4v) is 2.07. The van der Waals surface area contributed by atoms with Crippen LogP contribution < -0.4 is 0 Å². The van der Waals surface area contributed by atoms with Crippen molar-refractivity contribution >= 4 is 40.3 Å². The van der Waals surface area contributed by atoms with Crippen molar-refractivity contribution < 1.29 is 0 Å². The Hall–Kier alpha value is -1.06. The molecule has 15 heavy (non-hydrogen) atoms. The van der Waals surface area contributed by atoms with Crippen molar-refractivity contribution in [1.29, 1.82) is 0 Å². The van der Waals surface area contributed by atoms with Gasteiger partial charge < -0.3 is 4.98 Å². The van der Waals surface area contributed by atoms with Gasteiger partial charge in [-0.05, 0) is 19.9 Å². The molecule has 0 unspecified atom stereocenters. The number of nitrogens with one attached hydrogen (secondary N) is 1. The first kappa shape index (κ1) is 10.5. The van der Waals surface area contributed by atoms with E-state index in [-0.39, 0.29) is 0 Å². The van der Waals surface area contributed by atoms with Crippen LogP contribution in [0.15, 0.2) is 6.08 Å². The lowest BCUT2D eigenvalue weighted by Gasteiger charge is -1.95. The largest absolute Gasteiger partial charge is 0.338 e. The van der Waals surface area contributed by atoms with Crippen LogP contribution in [0.25, 0.3) is 17.1 Å². The zero-order valence-corrected chi connectivity index (χ0v) is 9.82. The summed E-state index contributed by atoms with van der Waals surface area (Å²) in [7, 11) is 0. The minimum atomic E-state index is 0.384. The molecule has 5 heteroatoms. The second kappa shape index (κ2) is 3.83. The summed E-state index contributed by atoms with van der Waals surface area (Å²) in [4.78, 5) is 11.4. The smallest absolute Gasteiger partial charge is 0.144 e. The lowest BCUT2D eigenvalue weighted by Crippen LogP contribution is -1.88. The van der Waals surface area contributed by atoms with Crippen LogP contribution >= 0.6 is 23.2 Å². The number of nitrogens with zero attached hydrogens (tertiary/aromatic N) is 2. The second-order valence-corrected chi connectivity index (χ2v) is 3.87. The van der Waals surface area contributed by atoms with E-state index in [0.717, 1.165) is 5.69 Å². The molecule has 0 saturated carbocycles. The topological polar surface area (TPSA) is 41.6 Å². The van der Waals surface area contributed by atoms with Crippen LogP contribution in [-0.2, 0) is 0 Å². The molecule has 1 N–H and O–H groups in total. The summed E-state index contributed by atoms with van der Waals surface area (Å²) in [5, 5.41) is 1.62. The number of fused-ring (bicyclic) bond motifs is 1. The summed E-state index contributed by atoms with van der Waals surface area (Å²) in [5.74, 6) is 0.623. The van der Waals surface area contributed by atoms with Crippen molar-refractivity contribution in [2.45, 2.75) is 13.8 Å². The van der Waals surface area contributed by atoms with Crippen LogP contribution in [0.2, 0.25) is 10.2 Å². The Morgan fingerprint density at radius 3 is 2.67 bits per heavy atom. The molecule has 2 aromatic rings. The highest BCUT2D eigenvalue weighted by atomic mass is 35.5. The molecule has 0 bridgehead atoms. The Morgan fingerprint density at radius 2 is 2.00 bits per heavy atom. The molecule has 0 spiro atoms. The predicted molar refractivity (Wildman–Crippen MR) is 63.4 cm³/mol. The Kier molecular flexibility index (Phi) is 2.67. The van der Waals surface area contributed by atoms with Crippen molar-refractivity contribution in [3.8, 4) is 0 Å². The lowest BCUT2D eigenvalue weighted by atomic mass is 10.3. The zero-order valence-electron chi connectivity index (χ0n) is 8.31. The van der Waals surface area contributed by atoms with Gasteiger partial charge in [0.25, 0.3) is 0 Å². The molecule has 0 radical (unpaired) electrons. The highest BCUT2D eigenvalue weighted by Crippen LogP contribution is 2.31. The van der Waals surface area contributed by atoms with Gasteiger partial charge in [-0.3, -0.25) is 0 Å². The third-order valence-electron chi connectivity index (χ3n) is 2.02. The molecule has 2 rings (SSSR count). The van der Waals surface area contributed by atoms with Gasteiger partial charge in [0.05, 0.1) is 16.1 Å². The summed E-state index contributed by atoms with van der Waals surface area (Å²) in [6.07, 6.45) is 3.76. The van der Waals surface area contributed by atoms with Crippen LogP contribution in [0, 0.1) is 6.92 Å². The first-order chi connectivity index (χ1) is 7.13. The van der Waals surface area contributed by atoms with Crippen molar-refractivity contribution in [3.05, 3.63) is 27.8 Å². The molecule has 0 amide bonds. The van der Waals surface area contributed by atoms with Gasteiger partial charge in [-0.1, -0.05) is 29.3 Å². The molecule has 2 heterocycles. The number of aryl methyl sites for hydroxylation is 1. The quantitative estimate of drug-likeness (QED) is 0.776. The molecule has 0 aliphatic carbocycles. The van der Waals surface area contributed by atoms with Gasteiger partial charge in [0.2, 0.25) is 0 Å². The Morgan fingerprint density at radius 1 is 1.27 bits per heavy atom. The third kappa shape index (κ3) is 1.73. The Balaban J connectivity index is 2.82. The maximum atomic E-state index is 6.15. The Labute approximate surface area is 97.1 Å². The number of halogens is 2. The second-order valence-electron chi connectivity index (χ2n) is 3.14. The first-order valence-electron chi connectivity index (χ1n) is 4.47. The summed E-state index contributed by atoms with van der Waals surface area (Å²) < 4.78 is 0. The third-order valence-corrected chi connectivity index (χ3v) is 2.69. The van der Waals surface area contributed by atoms with Gasteiger partial charge in [0.1, 0.15) is 16.6 Å². The van der Waals surface area contributed by atoms with Crippen molar-refractivity contribution in [2.75, 3.05) is 0 Å². The van der Waals surface area contributed by atoms with E-state index >= 15 is 0 Å². The summed E-state index contributed by atoms with van der Waals surface area (Å²) >= 11 is 12.1. The van der Waals surface area contributed by atoms with Crippen LogP contribution in [0.4, 0.5) is 0 Å². The van der Waals surface area contributed by atoms with Gasteiger partial charge in [-0.25, -0.2) is 9.97 Å². The highest BCUT2D eigenvalue weighted by Gasteiger charge is 2.13. The van der Waals surface area contributed by atoms with E-state index in [1.54, 1.807) is 6.92 Å². The monoisotopic (exact) mass is 241 g/mol. The molecular formula is C10H9Cl2N3. The number of hydrogen-bond donors (Lipinski definition) is 1. The molecule has 0 aliphatic rings. The number of aromatic amines is 1. The van der Waals surface area contributed by atoms with Crippen LogP contribution in [0.3, 0.4) is 0 Å². The van der Waals surface area contributed by atoms with Crippen LogP contribution in [-0.4, -0.2) is 15.0 Å². The number of rotatable bonds is 1. The number of hydrogen-bond acceptors (Lipinski definition) is 2. The van der Waals surface area contributed by atoms with Gasteiger partial charge >= 0.3 is 0 Å². The fourth-order valence-electron chi connectivity index (χ4n) is 1.42. The van der Waals surface area contributed by atoms with Gasteiger partial charge in [0, 0.05) is 0 Å². The number of H-pyrrole nitrogens is 1. The van der Waals surface area contributed by atoms with E-state index in [1.807, 2.05) is 19.1 Å². The van der Waals surface area contributed by atoms with Crippen LogP contribution in [0.1, 0.15) is 18.4 Å². The fraction of sp³-hybridized carbons (Fsp3) is 0.200. The standard InChI is InChI=1S/C10H9Cl2N3/c1-3-4-6-8(11)7-9(12)13-5(2)14-10(7)15-6/h3-4H,1-2H3,(H,13,14,15)/b4-3+. The van der Waals surface area contributed by atoms with Crippen LogP contribution in [0.5, 0.6) is 0 Å². The molecule has 0 atom stereocenters. The van der Waals surface area contributed by atoms with Crippen molar-refractivity contribution in [1.82, 2.24) is 15.0 Å². The molecule has 0 aromatic carbocycles. The summed E-state index contributed by atoms with van der Waals surface area (Å²) in [6.45, 7) is 3.70. The lowest BCUT2D eigenvalue weighted by molar-refractivity contribution is 1.08. The molecular weight excluding hydrogens is 233 g/mol. The molecule has 78 valence electrons. The predicted octanol–water partition coefficient (Wildman–Crippen LogP) is 3.61. The van der Waals surface area contributed by atoms with E-state index in [0.29, 0.717) is 27.0 Å². The highest BCUT2D eigenvalue weighted by molar-refractivity contribution is 6.42. The average molecular weight is 242 g/mol. The van der Waals surface area contributed by atoms with Crippen molar-refractivity contribution in [3.63, 3.8) is 0 Å². The number of allylic oxidation sites excluding steroid dienone is 1. The molecule has 0 fully saturated rings. The maximum absolute atomic E-state index is 6.15. The molecule has 2 aromatic heterocycles. The molecule has 3 nitrogen and oxygen atoms in total. The maximum Gasteiger partial charge on any atom is 0.144 e. The van der Waals surface area contributed by atoms with E-state index in [4.69, 9.17) is 23.2 Å². The normalized spacial score (nSPS) is 11.7. The summed E-state index contributed by atoms with van der Waals surface area (Å²) in [6, 6.07) is 0. The molecule has 0 aliphatic heterocycles. The van der Waals surface area contributed by atoms with Gasteiger partial charge in [0.15, 0.2) is 0 Å². The van der Waals surface area contributed by atoms with E-state index < -0.39 is 0 Å². The van der Waals surface area contributed by atoms with E-state index in [9.17, 15) is 0 Å². The summed E-state index contributed by atoms with van der Waals surface area (Å²) in [5.41, 5.74) is 1.47.